The number of aromatic nitrogens is 2. The third-order valence-electron chi connectivity index (χ3n) is 5.55. The Morgan fingerprint density at radius 2 is 1.48 bits per heavy atom. The molecule has 0 spiro atoms. The number of hydrogen-bond acceptors (Lipinski definition) is 4. The lowest BCUT2D eigenvalue weighted by Gasteiger charge is -2.05. The molecule has 6 nitrogen and oxygen atoms in total. The van der Waals surface area contributed by atoms with Gasteiger partial charge in [0.1, 0.15) is 11.5 Å². The summed E-state index contributed by atoms with van der Waals surface area (Å²) in [6, 6.07) is 25.2. The number of aliphatic imine (C=N–C) groups is 1. The largest absolute Gasteiger partial charge is 0.497 e. The molecule has 4 aromatic rings. The van der Waals surface area contributed by atoms with Crippen molar-refractivity contribution >= 4 is 5.71 Å². The highest BCUT2D eigenvalue weighted by Crippen LogP contribution is 2.24. The maximum Gasteiger partial charge on any atom is 0.280 e. The molecule has 0 fully saturated rings. The minimum Gasteiger partial charge on any atom is -0.497 e. The minimum absolute atomic E-state index is 0.146. The average Bonchev–Trinajstić information content (AvgIpc) is 3.21. The first-order chi connectivity index (χ1) is 16.1. The van der Waals surface area contributed by atoms with Crippen LogP contribution in [0.2, 0.25) is 0 Å². The van der Waals surface area contributed by atoms with Crippen LogP contribution in [-0.2, 0) is 6.42 Å². The predicted molar refractivity (Wildman–Crippen MR) is 132 cm³/mol. The molecule has 1 aromatic heterocycles. The maximum atomic E-state index is 13.5. The molecule has 4 rings (SSSR count). The number of benzene rings is 3. The number of hydrogen-bond donors (Lipinski definition) is 1. The fourth-order valence-corrected chi connectivity index (χ4v) is 3.73. The van der Waals surface area contributed by atoms with E-state index in [1.54, 1.807) is 18.9 Å². The zero-order chi connectivity index (χ0) is 23.2. The molecule has 0 unspecified atom stereocenters. The molecular weight excluding hydrogens is 414 g/mol. The molecule has 1 heterocycles. The smallest absolute Gasteiger partial charge is 0.280 e. The van der Waals surface area contributed by atoms with Crippen LogP contribution in [-0.4, -0.2) is 36.3 Å². The van der Waals surface area contributed by atoms with Crippen LogP contribution in [0.4, 0.5) is 0 Å². The minimum atomic E-state index is -0.146. The molecule has 0 saturated carbocycles. The standard InChI is InChI=1S/C27H27N3O3/c1-19(28-18-17-20-7-5-4-6-8-20)25-26(21-9-13-23(32-2)14-10-21)29-30(27(25)31)22-11-15-24(33-3)16-12-22/h4-16,29H,17-18H2,1-3H3. The topological polar surface area (TPSA) is 68.6 Å². The van der Waals surface area contributed by atoms with Gasteiger partial charge in [-0.3, -0.25) is 14.9 Å². The van der Waals surface area contributed by atoms with E-state index in [1.807, 2.05) is 73.7 Å². The van der Waals surface area contributed by atoms with Gasteiger partial charge in [-0.1, -0.05) is 30.3 Å². The van der Waals surface area contributed by atoms with Gasteiger partial charge in [0.15, 0.2) is 0 Å². The van der Waals surface area contributed by atoms with Gasteiger partial charge < -0.3 is 9.47 Å². The third kappa shape index (κ3) is 4.90. The SMILES string of the molecule is COc1ccc(-c2[nH]n(-c3ccc(OC)cc3)c(=O)c2C(C)=NCCc2ccccc2)cc1. The molecule has 0 radical (unpaired) electrons. The molecule has 0 aliphatic carbocycles. The Balaban J connectivity index is 1.74. The van der Waals surface area contributed by atoms with Gasteiger partial charge in [0.05, 0.1) is 31.2 Å². The molecule has 168 valence electrons. The zero-order valence-corrected chi connectivity index (χ0v) is 19.0. The van der Waals surface area contributed by atoms with Crippen molar-refractivity contribution in [1.29, 1.82) is 0 Å². The van der Waals surface area contributed by atoms with Gasteiger partial charge in [-0.25, -0.2) is 4.68 Å². The normalized spacial score (nSPS) is 11.4. The quantitative estimate of drug-likeness (QED) is 0.396. The van der Waals surface area contributed by atoms with Crippen molar-refractivity contribution in [3.63, 3.8) is 0 Å². The average molecular weight is 442 g/mol. The Kier molecular flexibility index (Phi) is 6.74. The highest BCUT2D eigenvalue weighted by atomic mass is 16.5. The second kappa shape index (κ2) is 10.0. The first-order valence-electron chi connectivity index (χ1n) is 10.8. The van der Waals surface area contributed by atoms with Crippen molar-refractivity contribution in [1.82, 2.24) is 9.78 Å². The number of ether oxygens (including phenoxy) is 2. The van der Waals surface area contributed by atoms with E-state index in [0.717, 1.165) is 34.9 Å². The number of aromatic amines is 1. The Hall–Kier alpha value is -4.06. The van der Waals surface area contributed by atoms with E-state index in [4.69, 9.17) is 14.5 Å². The number of nitrogens with zero attached hydrogens (tertiary/aromatic N) is 2. The summed E-state index contributed by atoms with van der Waals surface area (Å²) in [5.74, 6) is 1.48. The van der Waals surface area contributed by atoms with Crippen LogP contribution in [0.25, 0.3) is 16.9 Å². The molecule has 0 aliphatic rings. The highest BCUT2D eigenvalue weighted by molar-refractivity contribution is 6.03. The molecule has 0 atom stereocenters. The Morgan fingerprint density at radius 3 is 2.09 bits per heavy atom. The molecule has 6 heteroatoms. The Morgan fingerprint density at radius 1 is 0.879 bits per heavy atom. The van der Waals surface area contributed by atoms with Crippen LogP contribution in [0.15, 0.2) is 88.6 Å². The van der Waals surface area contributed by atoms with Gasteiger partial charge in [0.25, 0.3) is 5.56 Å². The van der Waals surface area contributed by atoms with Crippen molar-refractivity contribution in [2.24, 2.45) is 4.99 Å². The molecule has 3 aromatic carbocycles. The monoisotopic (exact) mass is 441 g/mol. The third-order valence-corrected chi connectivity index (χ3v) is 5.55. The first-order valence-corrected chi connectivity index (χ1v) is 10.8. The predicted octanol–water partition coefficient (Wildman–Crippen LogP) is 4.90. The molecule has 0 bridgehead atoms. The van der Waals surface area contributed by atoms with Crippen LogP contribution < -0.4 is 15.0 Å². The summed E-state index contributed by atoms with van der Waals surface area (Å²) in [7, 11) is 3.25. The summed E-state index contributed by atoms with van der Waals surface area (Å²) in [5, 5.41) is 3.29. The van der Waals surface area contributed by atoms with E-state index in [9.17, 15) is 4.79 Å². The highest BCUT2D eigenvalue weighted by Gasteiger charge is 2.19. The van der Waals surface area contributed by atoms with Crippen molar-refractivity contribution in [3.8, 4) is 28.4 Å². The lowest BCUT2D eigenvalue weighted by Crippen LogP contribution is -2.19. The molecule has 33 heavy (non-hydrogen) atoms. The lowest BCUT2D eigenvalue weighted by atomic mass is 10.0. The van der Waals surface area contributed by atoms with Crippen molar-refractivity contribution < 1.29 is 9.47 Å². The second-order valence-electron chi connectivity index (χ2n) is 7.63. The summed E-state index contributed by atoms with van der Waals surface area (Å²) in [4.78, 5) is 18.3. The summed E-state index contributed by atoms with van der Waals surface area (Å²) >= 11 is 0. The summed E-state index contributed by atoms with van der Waals surface area (Å²) in [6.45, 7) is 2.49. The fourth-order valence-electron chi connectivity index (χ4n) is 3.73. The maximum absolute atomic E-state index is 13.5. The van der Waals surface area contributed by atoms with Crippen molar-refractivity contribution in [2.45, 2.75) is 13.3 Å². The van der Waals surface area contributed by atoms with Crippen LogP contribution in [0, 0.1) is 0 Å². The Bertz CT molecular complexity index is 1290. The van der Waals surface area contributed by atoms with Gasteiger partial charge in [-0.2, -0.15) is 0 Å². The van der Waals surface area contributed by atoms with Gasteiger partial charge in [0.2, 0.25) is 0 Å². The van der Waals surface area contributed by atoms with Crippen LogP contribution in [0.5, 0.6) is 11.5 Å². The van der Waals surface area contributed by atoms with Gasteiger partial charge in [-0.05, 0) is 67.4 Å². The Labute approximate surface area is 193 Å². The molecular formula is C27H27N3O3. The lowest BCUT2D eigenvalue weighted by molar-refractivity contribution is 0.414. The van der Waals surface area contributed by atoms with E-state index < -0.39 is 0 Å². The van der Waals surface area contributed by atoms with Crippen molar-refractivity contribution in [2.75, 3.05) is 20.8 Å². The fraction of sp³-hybridized carbons (Fsp3) is 0.185. The number of rotatable bonds is 8. The molecule has 0 amide bonds. The van der Waals surface area contributed by atoms with Gasteiger partial charge in [0, 0.05) is 17.8 Å². The second-order valence-corrected chi connectivity index (χ2v) is 7.63. The van der Waals surface area contributed by atoms with Crippen LogP contribution in [0.3, 0.4) is 0 Å². The summed E-state index contributed by atoms with van der Waals surface area (Å²) in [5.41, 5.74) is 4.65. The number of methoxy groups -OCH3 is 2. The van der Waals surface area contributed by atoms with Crippen LogP contribution in [0.1, 0.15) is 18.1 Å². The molecule has 1 N–H and O–H groups in total. The zero-order valence-electron chi connectivity index (χ0n) is 19.0. The van der Waals surface area contributed by atoms with Gasteiger partial charge >= 0.3 is 0 Å². The van der Waals surface area contributed by atoms with Crippen LogP contribution >= 0.6 is 0 Å². The first kappa shape index (κ1) is 22.1. The number of H-pyrrole nitrogens is 1. The molecule has 0 aliphatic heterocycles. The van der Waals surface area contributed by atoms with E-state index in [-0.39, 0.29) is 5.56 Å². The number of nitrogens with one attached hydrogen (secondary N) is 1. The van der Waals surface area contributed by atoms with Gasteiger partial charge in [-0.15, -0.1) is 0 Å². The van der Waals surface area contributed by atoms with E-state index in [0.29, 0.717) is 17.8 Å². The molecule has 0 saturated heterocycles. The summed E-state index contributed by atoms with van der Waals surface area (Å²) in [6.07, 6.45) is 0.813. The van der Waals surface area contributed by atoms with E-state index in [1.165, 1.54) is 5.56 Å². The van der Waals surface area contributed by atoms with E-state index in [2.05, 4.69) is 17.2 Å². The van der Waals surface area contributed by atoms with Crippen molar-refractivity contribution in [3.05, 3.63) is 100 Å². The summed E-state index contributed by atoms with van der Waals surface area (Å²) < 4.78 is 12.1. The van der Waals surface area contributed by atoms with E-state index >= 15 is 0 Å².